The fourth-order valence-corrected chi connectivity index (χ4v) is 1.09. The van der Waals surface area contributed by atoms with Gasteiger partial charge in [0.25, 0.3) is 0 Å². The number of ether oxygens (including phenoxy) is 1. The zero-order chi connectivity index (χ0) is 14.0. The maximum Gasteiger partial charge on any atom is 0.329 e. The largest absolute Gasteiger partial charge is 0.480 e. The van der Waals surface area contributed by atoms with E-state index in [9.17, 15) is 9.59 Å². The van der Waals surface area contributed by atoms with E-state index in [1.165, 1.54) is 6.92 Å². The molecule has 0 aliphatic rings. The molecule has 0 heterocycles. The minimum absolute atomic E-state index is 0.311. The zero-order valence-electron chi connectivity index (χ0n) is 11.0. The molecule has 6 heteroatoms. The summed E-state index contributed by atoms with van der Waals surface area (Å²) in [6.45, 7) is 8.01. The second-order valence-electron chi connectivity index (χ2n) is 4.06. The number of nitrogens with one attached hydrogen (secondary N) is 2. The van der Waals surface area contributed by atoms with Gasteiger partial charge in [0.05, 0.1) is 13.2 Å². The molecule has 104 valence electrons. The van der Waals surface area contributed by atoms with Gasteiger partial charge in [-0.25, -0.2) is 9.59 Å². The van der Waals surface area contributed by atoms with Crippen molar-refractivity contribution in [2.45, 2.75) is 32.2 Å². The Kier molecular flexibility index (Phi) is 7.78. The summed E-state index contributed by atoms with van der Waals surface area (Å²) in [5.41, 5.74) is -1.24. The normalized spacial score (nSPS) is 13.4. The van der Waals surface area contributed by atoms with Crippen LogP contribution in [0.25, 0.3) is 0 Å². The van der Waals surface area contributed by atoms with Crippen molar-refractivity contribution in [3.63, 3.8) is 0 Å². The number of hydrogen-bond acceptors (Lipinski definition) is 3. The third-order valence-corrected chi connectivity index (χ3v) is 2.57. The van der Waals surface area contributed by atoms with Crippen LogP contribution < -0.4 is 10.6 Å². The summed E-state index contributed by atoms with van der Waals surface area (Å²) < 4.78 is 5.20. The van der Waals surface area contributed by atoms with Gasteiger partial charge in [-0.15, -0.1) is 6.58 Å². The van der Waals surface area contributed by atoms with Crippen LogP contribution >= 0.6 is 0 Å². The van der Waals surface area contributed by atoms with Crippen LogP contribution in [0.1, 0.15) is 26.7 Å². The van der Waals surface area contributed by atoms with Crippen LogP contribution in [0.3, 0.4) is 0 Å². The van der Waals surface area contributed by atoms with Gasteiger partial charge in [0, 0.05) is 6.54 Å². The highest BCUT2D eigenvalue weighted by molar-refractivity contribution is 5.85. The average molecular weight is 258 g/mol. The molecule has 0 fully saturated rings. The summed E-state index contributed by atoms with van der Waals surface area (Å²) in [6.07, 6.45) is 2.82. The van der Waals surface area contributed by atoms with Crippen LogP contribution in [-0.4, -0.2) is 42.4 Å². The highest BCUT2D eigenvalue weighted by atomic mass is 16.5. The lowest BCUT2D eigenvalue weighted by molar-refractivity contribution is -0.143. The van der Waals surface area contributed by atoms with Gasteiger partial charge in [0.15, 0.2) is 0 Å². The van der Waals surface area contributed by atoms with Crippen LogP contribution in [-0.2, 0) is 9.53 Å². The first-order valence-corrected chi connectivity index (χ1v) is 5.94. The van der Waals surface area contributed by atoms with Crippen molar-refractivity contribution in [2.75, 3.05) is 19.8 Å². The molecule has 0 rings (SSSR count). The Morgan fingerprint density at radius 2 is 2.11 bits per heavy atom. The Labute approximate surface area is 107 Å². The molecule has 1 atom stereocenters. The lowest BCUT2D eigenvalue weighted by Crippen LogP contribution is -2.55. The van der Waals surface area contributed by atoms with Gasteiger partial charge in [-0.05, 0) is 19.8 Å². The maximum atomic E-state index is 11.5. The smallest absolute Gasteiger partial charge is 0.329 e. The Hall–Kier alpha value is -1.56. The molecule has 0 aliphatic carbocycles. The lowest BCUT2D eigenvalue weighted by atomic mass is 10.00. The van der Waals surface area contributed by atoms with Gasteiger partial charge in [-0.2, -0.15) is 0 Å². The molecule has 3 N–H and O–H groups in total. The quantitative estimate of drug-likeness (QED) is 0.427. The highest BCUT2D eigenvalue weighted by Crippen LogP contribution is 2.08. The molecule has 0 saturated carbocycles. The number of amides is 2. The zero-order valence-corrected chi connectivity index (χ0v) is 11.0. The van der Waals surface area contributed by atoms with Crippen molar-refractivity contribution >= 4 is 12.0 Å². The molecule has 2 amide bonds. The topological polar surface area (TPSA) is 87.7 Å². The third-order valence-electron chi connectivity index (χ3n) is 2.57. The number of aliphatic carboxylic acids is 1. The number of carboxylic acid groups (broad SMARTS) is 1. The minimum atomic E-state index is -1.24. The molecule has 18 heavy (non-hydrogen) atoms. The first-order chi connectivity index (χ1) is 8.46. The van der Waals surface area contributed by atoms with Crippen LogP contribution in [0.15, 0.2) is 12.7 Å². The summed E-state index contributed by atoms with van der Waals surface area (Å²) in [7, 11) is 0. The molecule has 6 nitrogen and oxygen atoms in total. The first-order valence-electron chi connectivity index (χ1n) is 5.94. The number of urea groups is 1. The number of hydrogen-bond donors (Lipinski definition) is 3. The predicted molar refractivity (Wildman–Crippen MR) is 68.5 cm³/mol. The van der Waals surface area contributed by atoms with Crippen LogP contribution in [0.2, 0.25) is 0 Å². The van der Waals surface area contributed by atoms with Gasteiger partial charge in [0.1, 0.15) is 5.54 Å². The van der Waals surface area contributed by atoms with Gasteiger partial charge >= 0.3 is 12.0 Å². The van der Waals surface area contributed by atoms with E-state index in [4.69, 9.17) is 9.84 Å². The second kappa shape index (κ2) is 8.52. The van der Waals surface area contributed by atoms with E-state index < -0.39 is 17.5 Å². The Morgan fingerprint density at radius 1 is 1.44 bits per heavy atom. The van der Waals surface area contributed by atoms with E-state index in [0.29, 0.717) is 26.2 Å². The highest BCUT2D eigenvalue weighted by Gasteiger charge is 2.32. The van der Waals surface area contributed by atoms with E-state index in [1.54, 1.807) is 13.0 Å². The maximum absolute atomic E-state index is 11.5. The monoisotopic (exact) mass is 258 g/mol. The van der Waals surface area contributed by atoms with Gasteiger partial charge in [-0.1, -0.05) is 13.0 Å². The number of carbonyl (C=O) groups is 2. The fraction of sp³-hybridized carbons (Fsp3) is 0.667. The molecule has 0 bridgehead atoms. The van der Waals surface area contributed by atoms with Crippen LogP contribution in [0.5, 0.6) is 0 Å². The van der Waals surface area contributed by atoms with Crippen molar-refractivity contribution in [2.24, 2.45) is 0 Å². The fourth-order valence-electron chi connectivity index (χ4n) is 1.09. The van der Waals surface area contributed by atoms with Crippen molar-refractivity contribution in [1.29, 1.82) is 0 Å². The first kappa shape index (κ1) is 16.4. The average Bonchev–Trinajstić information content (AvgIpc) is 2.33. The molecular formula is C12H22N2O4. The second-order valence-corrected chi connectivity index (χ2v) is 4.06. The molecule has 0 saturated heterocycles. The number of rotatable bonds is 9. The van der Waals surface area contributed by atoms with Gasteiger partial charge in [-0.3, -0.25) is 0 Å². The SMILES string of the molecule is C=CCCOCCNC(=O)NC(C)(CC)C(=O)O. The van der Waals surface area contributed by atoms with E-state index in [-0.39, 0.29) is 0 Å². The lowest BCUT2D eigenvalue weighted by Gasteiger charge is -2.24. The molecule has 0 aromatic heterocycles. The summed E-state index contributed by atoms with van der Waals surface area (Å²) in [5.74, 6) is -1.05. The minimum Gasteiger partial charge on any atom is -0.480 e. The number of carbonyl (C=O) groups excluding carboxylic acids is 1. The van der Waals surface area contributed by atoms with E-state index in [0.717, 1.165) is 6.42 Å². The van der Waals surface area contributed by atoms with Crippen LogP contribution in [0, 0.1) is 0 Å². The van der Waals surface area contributed by atoms with E-state index >= 15 is 0 Å². The molecule has 0 aromatic carbocycles. The molecular weight excluding hydrogens is 236 g/mol. The van der Waals surface area contributed by atoms with E-state index in [2.05, 4.69) is 17.2 Å². The molecule has 0 spiro atoms. The molecule has 1 unspecified atom stereocenters. The van der Waals surface area contributed by atoms with Crippen molar-refractivity contribution in [3.8, 4) is 0 Å². The van der Waals surface area contributed by atoms with E-state index in [1.807, 2.05) is 0 Å². The molecule has 0 aliphatic heterocycles. The Bertz CT molecular complexity index is 294. The standard InChI is InChI=1S/C12H22N2O4/c1-4-6-8-18-9-7-13-11(17)14-12(3,5-2)10(15)16/h4H,1,5-9H2,2-3H3,(H,15,16)(H2,13,14,17). The van der Waals surface area contributed by atoms with Gasteiger partial charge < -0.3 is 20.5 Å². The predicted octanol–water partition coefficient (Wildman–Crippen LogP) is 1.13. The summed E-state index contributed by atoms with van der Waals surface area (Å²) in [5, 5.41) is 13.9. The third kappa shape index (κ3) is 6.24. The van der Waals surface area contributed by atoms with Crippen molar-refractivity contribution < 1.29 is 19.4 Å². The summed E-state index contributed by atoms with van der Waals surface area (Å²) in [6, 6.07) is -0.505. The summed E-state index contributed by atoms with van der Waals surface area (Å²) >= 11 is 0. The van der Waals surface area contributed by atoms with Crippen molar-refractivity contribution in [1.82, 2.24) is 10.6 Å². The molecule has 0 aromatic rings. The Morgan fingerprint density at radius 3 is 2.61 bits per heavy atom. The van der Waals surface area contributed by atoms with Crippen molar-refractivity contribution in [3.05, 3.63) is 12.7 Å². The van der Waals surface area contributed by atoms with Crippen LogP contribution in [0.4, 0.5) is 4.79 Å². The number of carboxylic acids is 1. The Balaban J connectivity index is 3.83. The summed E-state index contributed by atoms with van der Waals surface area (Å²) in [4.78, 5) is 22.4. The van der Waals surface area contributed by atoms with Gasteiger partial charge in [0.2, 0.25) is 0 Å². The molecule has 0 radical (unpaired) electrons.